The van der Waals surface area contributed by atoms with Crippen LogP contribution in [-0.2, 0) is 0 Å². The van der Waals surface area contributed by atoms with Gasteiger partial charge in [-0.25, -0.2) is 10.4 Å². The van der Waals surface area contributed by atoms with Gasteiger partial charge in [-0.3, -0.25) is 9.20 Å². The third-order valence-electron chi connectivity index (χ3n) is 4.05. The summed E-state index contributed by atoms with van der Waals surface area (Å²) in [7, 11) is 3.15. The minimum atomic E-state index is -0.318. The topological polar surface area (TPSA) is 77.2 Å². The highest BCUT2D eigenvalue weighted by Gasteiger charge is 2.16. The number of imidazole rings is 1. The van der Waals surface area contributed by atoms with Gasteiger partial charge in [0.15, 0.2) is 11.5 Å². The van der Waals surface area contributed by atoms with Crippen LogP contribution >= 0.6 is 0 Å². The van der Waals surface area contributed by atoms with Crippen LogP contribution in [0, 0.1) is 6.92 Å². The van der Waals surface area contributed by atoms with Crippen LogP contribution in [0.4, 0.5) is 0 Å². The van der Waals surface area contributed by atoms with Crippen LogP contribution in [0.15, 0.2) is 47.7 Å². The molecule has 7 nitrogen and oxygen atoms in total. The number of nitrogens with zero attached hydrogens (tertiary/aromatic N) is 3. The van der Waals surface area contributed by atoms with Crippen molar-refractivity contribution in [2.75, 3.05) is 14.2 Å². The molecule has 0 spiro atoms. The maximum absolute atomic E-state index is 12.6. The molecule has 134 valence electrons. The van der Waals surface area contributed by atoms with Crippen molar-refractivity contribution in [2.45, 2.75) is 13.8 Å². The highest BCUT2D eigenvalue weighted by molar-refractivity contribution is 6.01. The van der Waals surface area contributed by atoms with Gasteiger partial charge >= 0.3 is 0 Å². The first kappa shape index (κ1) is 17.5. The molecule has 0 unspecified atom stereocenters. The smallest absolute Gasteiger partial charge is 0.290 e. The van der Waals surface area contributed by atoms with E-state index in [9.17, 15) is 4.79 Å². The van der Waals surface area contributed by atoms with E-state index in [2.05, 4.69) is 15.5 Å². The zero-order chi connectivity index (χ0) is 18.7. The predicted octanol–water partition coefficient (Wildman–Crippen LogP) is 2.81. The van der Waals surface area contributed by atoms with Crippen molar-refractivity contribution in [3.05, 3.63) is 59.5 Å². The number of fused-ring (bicyclic) bond motifs is 1. The van der Waals surface area contributed by atoms with Crippen LogP contribution in [0.25, 0.3) is 5.65 Å². The average Bonchev–Trinajstić information content (AvgIpc) is 3.00. The van der Waals surface area contributed by atoms with Gasteiger partial charge in [-0.1, -0.05) is 6.07 Å². The normalized spacial score (nSPS) is 11.5. The van der Waals surface area contributed by atoms with E-state index in [1.165, 1.54) is 0 Å². The second-order valence-corrected chi connectivity index (χ2v) is 5.68. The maximum atomic E-state index is 12.6. The Morgan fingerprint density at radius 1 is 1.15 bits per heavy atom. The lowest BCUT2D eigenvalue weighted by molar-refractivity contribution is 0.0948. The van der Waals surface area contributed by atoms with Crippen molar-refractivity contribution in [3.8, 4) is 11.5 Å². The van der Waals surface area contributed by atoms with Crippen molar-refractivity contribution in [1.29, 1.82) is 0 Å². The number of amides is 1. The molecule has 0 atom stereocenters. The van der Waals surface area contributed by atoms with Gasteiger partial charge < -0.3 is 9.47 Å². The number of carbonyl (C=O) groups is 1. The molecule has 1 amide bonds. The average molecular weight is 352 g/mol. The number of nitrogens with one attached hydrogen (secondary N) is 1. The molecule has 0 saturated carbocycles. The lowest BCUT2D eigenvalue weighted by Gasteiger charge is -2.09. The Balaban J connectivity index is 1.84. The minimum absolute atomic E-state index is 0.318. The summed E-state index contributed by atoms with van der Waals surface area (Å²) in [6.07, 6.45) is 1.80. The molecule has 7 heteroatoms. The number of hydrogen-bond donors (Lipinski definition) is 1. The summed E-state index contributed by atoms with van der Waals surface area (Å²) < 4.78 is 12.3. The maximum Gasteiger partial charge on any atom is 0.290 e. The summed E-state index contributed by atoms with van der Waals surface area (Å²) in [6.45, 7) is 3.61. The van der Waals surface area contributed by atoms with Crippen LogP contribution < -0.4 is 14.9 Å². The molecule has 0 radical (unpaired) electrons. The highest BCUT2D eigenvalue weighted by atomic mass is 16.5. The van der Waals surface area contributed by atoms with Gasteiger partial charge in [0.1, 0.15) is 11.3 Å². The third-order valence-corrected chi connectivity index (χ3v) is 4.05. The van der Waals surface area contributed by atoms with E-state index < -0.39 is 0 Å². The summed E-state index contributed by atoms with van der Waals surface area (Å²) >= 11 is 0. The van der Waals surface area contributed by atoms with Gasteiger partial charge in [0, 0.05) is 11.8 Å². The molecule has 0 aliphatic heterocycles. The Kier molecular flexibility index (Phi) is 4.88. The van der Waals surface area contributed by atoms with Crippen molar-refractivity contribution in [3.63, 3.8) is 0 Å². The second-order valence-electron chi connectivity index (χ2n) is 5.68. The number of carbonyl (C=O) groups excluding carboxylic acids is 1. The summed E-state index contributed by atoms with van der Waals surface area (Å²) in [5.74, 6) is 0.916. The number of rotatable bonds is 5. The Morgan fingerprint density at radius 3 is 2.65 bits per heavy atom. The quantitative estimate of drug-likeness (QED) is 0.566. The minimum Gasteiger partial charge on any atom is -0.493 e. The zero-order valence-corrected chi connectivity index (χ0v) is 15.1. The monoisotopic (exact) mass is 352 g/mol. The lowest BCUT2D eigenvalue weighted by Crippen LogP contribution is -2.21. The first-order valence-corrected chi connectivity index (χ1v) is 8.06. The Hall–Kier alpha value is -3.35. The van der Waals surface area contributed by atoms with Crippen LogP contribution in [-0.4, -0.2) is 35.2 Å². The molecular formula is C19H20N4O3. The van der Waals surface area contributed by atoms with Crippen LogP contribution in [0.1, 0.15) is 28.7 Å². The van der Waals surface area contributed by atoms with E-state index in [-0.39, 0.29) is 5.91 Å². The van der Waals surface area contributed by atoms with Gasteiger partial charge in [0.05, 0.1) is 25.6 Å². The van der Waals surface area contributed by atoms with Crippen LogP contribution in [0.5, 0.6) is 11.5 Å². The largest absolute Gasteiger partial charge is 0.493 e. The molecule has 2 aromatic heterocycles. The number of aromatic nitrogens is 2. The molecule has 0 aliphatic carbocycles. The number of hydrogen-bond acceptors (Lipinski definition) is 5. The van der Waals surface area contributed by atoms with E-state index in [1.807, 2.05) is 37.3 Å². The number of aryl methyl sites for hydroxylation is 1. The summed E-state index contributed by atoms with van der Waals surface area (Å²) in [5.41, 5.74) is 5.89. The van der Waals surface area contributed by atoms with E-state index in [0.29, 0.717) is 28.6 Å². The van der Waals surface area contributed by atoms with E-state index in [0.717, 1.165) is 11.2 Å². The standard InChI is InChI=1S/C19H20N4O3/c1-12(14-8-9-15(25-3)16(11-14)26-4)21-22-19(24)18-13(2)20-17-7-5-6-10-23(17)18/h5-11H,1-4H3,(H,22,24)/b21-12+. The number of ether oxygens (including phenoxy) is 2. The van der Waals surface area contributed by atoms with Gasteiger partial charge in [-0.05, 0) is 44.2 Å². The van der Waals surface area contributed by atoms with Gasteiger partial charge in [0.2, 0.25) is 0 Å². The fourth-order valence-corrected chi connectivity index (χ4v) is 2.70. The molecule has 26 heavy (non-hydrogen) atoms. The molecule has 0 bridgehead atoms. The van der Waals surface area contributed by atoms with Crippen molar-refractivity contribution < 1.29 is 14.3 Å². The molecule has 0 saturated heterocycles. The Labute approximate surface area is 151 Å². The lowest BCUT2D eigenvalue weighted by atomic mass is 10.1. The molecule has 0 fully saturated rings. The SMILES string of the molecule is COc1ccc(/C(C)=N/NC(=O)c2c(C)nc3ccccn23)cc1OC. The summed E-state index contributed by atoms with van der Waals surface area (Å²) in [5, 5.41) is 4.21. The number of hydrazone groups is 1. The molecule has 0 aliphatic rings. The molecule has 1 N–H and O–H groups in total. The fraction of sp³-hybridized carbons (Fsp3) is 0.211. The van der Waals surface area contributed by atoms with Crippen LogP contribution in [0.2, 0.25) is 0 Å². The first-order chi connectivity index (χ1) is 12.5. The molecular weight excluding hydrogens is 332 g/mol. The van der Waals surface area contributed by atoms with E-state index in [1.54, 1.807) is 37.8 Å². The summed E-state index contributed by atoms with van der Waals surface area (Å²) in [4.78, 5) is 17.0. The van der Waals surface area contributed by atoms with E-state index in [4.69, 9.17) is 9.47 Å². The Morgan fingerprint density at radius 2 is 1.92 bits per heavy atom. The van der Waals surface area contributed by atoms with Crippen molar-refractivity contribution in [1.82, 2.24) is 14.8 Å². The number of pyridine rings is 1. The summed E-state index contributed by atoms with van der Waals surface area (Å²) in [6, 6.07) is 11.0. The number of methoxy groups -OCH3 is 2. The first-order valence-electron chi connectivity index (χ1n) is 8.06. The Bertz CT molecular complexity index is 992. The van der Waals surface area contributed by atoms with Crippen molar-refractivity contribution >= 4 is 17.3 Å². The van der Waals surface area contributed by atoms with Crippen molar-refractivity contribution in [2.24, 2.45) is 5.10 Å². The number of benzene rings is 1. The zero-order valence-electron chi connectivity index (χ0n) is 15.1. The molecule has 3 aromatic rings. The van der Waals surface area contributed by atoms with Gasteiger partial charge in [-0.15, -0.1) is 0 Å². The second kappa shape index (κ2) is 7.26. The van der Waals surface area contributed by atoms with Crippen LogP contribution in [0.3, 0.4) is 0 Å². The predicted molar refractivity (Wildman–Crippen MR) is 99.2 cm³/mol. The third kappa shape index (κ3) is 3.23. The molecule has 1 aromatic carbocycles. The van der Waals surface area contributed by atoms with Gasteiger partial charge in [-0.2, -0.15) is 5.10 Å². The molecule has 2 heterocycles. The van der Waals surface area contributed by atoms with Gasteiger partial charge in [0.25, 0.3) is 5.91 Å². The fourth-order valence-electron chi connectivity index (χ4n) is 2.70. The van der Waals surface area contributed by atoms with E-state index >= 15 is 0 Å². The molecule has 3 rings (SSSR count). The highest BCUT2D eigenvalue weighted by Crippen LogP contribution is 2.27.